The summed E-state index contributed by atoms with van der Waals surface area (Å²) in [7, 11) is 0. The van der Waals surface area contributed by atoms with Gasteiger partial charge in [-0.25, -0.2) is 4.98 Å². The van der Waals surface area contributed by atoms with Crippen molar-refractivity contribution in [2.24, 2.45) is 11.7 Å². The summed E-state index contributed by atoms with van der Waals surface area (Å²) in [5.74, 6) is 1.24. The predicted molar refractivity (Wildman–Crippen MR) is 55.9 cm³/mol. The molecule has 1 aromatic heterocycles. The third-order valence-electron chi connectivity index (χ3n) is 2.55. The van der Waals surface area contributed by atoms with Crippen LogP contribution in [0.4, 0.5) is 0 Å². The first-order valence-corrected chi connectivity index (χ1v) is 5.77. The fraction of sp³-hybridized carbons (Fsp3) is 0.700. The van der Waals surface area contributed by atoms with E-state index in [4.69, 9.17) is 5.73 Å². The van der Waals surface area contributed by atoms with Gasteiger partial charge in [0.1, 0.15) is 5.01 Å². The van der Waals surface area contributed by atoms with E-state index < -0.39 is 0 Å². The molecule has 0 amide bonds. The number of nitrogens with two attached hydrogens (primary N) is 1. The average molecular weight is 196 g/mol. The highest BCUT2D eigenvalue weighted by molar-refractivity contribution is 7.09. The minimum atomic E-state index is 0.206. The maximum atomic E-state index is 6.06. The minimum absolute atomic E-state index is 0.206. The van der Waals surface area contributed by atoms with E-state index in [9.17, 15) is 0 Å². The van der Waals surface area contributed by atoms with E-state index in [0.717, 1.165) is 5.01 Å². The first-order valence-electron chi connectivity index (χ1n) is 4.89. The third kappa shape index (κ3) is 1.92. The van der Waals surface area contributed by atoms with E-state index in [1.54, 1.807) is 11.3 Å². The standard InChI is InChI=1S/C10H16N2S/c1-6(2)8-5-13-10(12-8)9(11)7-3-4-7/h5-7,9H,3-4,11H2,1-2H3. The van der Waals surface area contributed by atoms with Gasteiger partial charge in [0.15, 0.2) is 0 Å². The van der Waals surface area contributed by atoms with E-state index in [-0.39, 0.29) is 6.04 Å². The lowest BCUT2D eigenvalue weighted by Gasteiger charge is -2.05. The van der Waals surface area contributed by atoms with Crippen molar-refractivity contribution in [3.05, 3.63) is 16.1 Å². The molecule has 0 bridgehead atoms. The van der Waals surface area contributed by atoms with Crippen LogP contribution in [-0.4, -0.2) is 4.98 Å². The molecule has 2 nitrogen and oxygen atoms in total. The Morgan fingerprint density at radius 3 is 2.69 bits per heavy atom. The van der Waals surface area contributed by atoms with Crippen molar-refractivity contribution in [3.63, 3.8) is 0 Å². The summed E-state index contributed by atoms with van der Waals surface area (Å²) < 4.78 is 0. The Kier molecular flexibility index (Phi) is 2.39. The molecule has 3 heteroatoms. The second kappa shape index (κ2) is 3.39. The minimum Gasteiger partial charge on any atom is -0.322 e. The van der Waals surface area contributed by atoms with Gasteiger partial charge in [-0.15, -0.1) is 11.3 Å². The van der Waals surface area contributed by atoms with Gasteiger partial charge < -0.3 is 5.73 Å². The van der Waals surface area contributed by atoms with Crippen LogP contribution >= 0.6 is 11.3 Å². The highest BCUT2D eigenvalue weighted by atomic mass is 32.1. The second-order valence-corrected chi connectivity index (χ2v) is 5.02. The molecule has 1 aliphatic carbocycles. The van der Waals surface area contributed by atoms with Crippen LogP contribution in [0.5, 0.6) is 0 Å². The number of hydrogen-bond donors (Lipinski definition) is 1. The van der Waals surface area contributed by atoms with Crippen molar-refractivity contribution in [1.29, 1.82) is 0 Å². The third-order valence-corrected chi connectivity index (χ3v) is 3.51. The number of rotatable bonds is 3. The van der Waals surface area contributed by atoms with Crippen molar-refractivity contribution in [3.8, 4) is 0 Å². The lowest BCUT2D eigenvalue weighted by molar-refractivity contribution is 0.624. The summed E-state index contributed by atoms with van der Waals surface area (Å²) >= 11 is 1.72. The zero-order valence-corrected chi connectivity index (χ0v) is 8.97. The summed E-state index contributed by atoms with van der Waals surface area (Å²) in [5, 5.41) is 3.27. The number of hydrogen-bond acceptors (Lipinski definition) is 3. The van der Waals surface area contributed by atoms with Crippen LogP contribution in [0.2, 0.25) is 0 Å². The molecule has 2 rings (SSSR count). The Bertz CT molecular complexity index is 289. The van der Waals surface area contributed by atoms with E-state index in [2.05, 4.69) is 24.2 Å². The van der Waals surface area contributed by atoms with Crippen molar-refractivity contribution < 1.29 is 0 Å². The molecule has 0 aliphatic heterocycles. The van der Waals surface area contributed by atoms with E-state index >= 15 is 0 Å². The first kappa shape index (κ1) is 9.16. The average Bonchev–Trinajstić information content (AvgIpc) is 2.81. The largest absolute Gasteiger partial charge is 0.322 e. The Balaban J connectivity index is 2.11. The lowest BCUT2D eigenvalue weighted by Crippen LogP contribution is -2.12. The molecule has 1 atom stereocenters. The number of nitrogens with zero attached hydrogens (tertiary/aromatic N) is 1. The van der Waals surface area contributed by atoms with Crippen molar-refractivity contribution in [2.75, 3.05) is 0 Å². The van der Waals surface area contributed by atoms with E-state index in [1.165, 1.54) is 18.5 Å². The van der Waals surface area contributed by atoms with Crippen LogP contribution in [0, 0.1) is 5.92 Å². The van der Waals surface area contributed by atoms with Gasteiger partial charge in [0.2, 0.25) is 0 Å². The van der Waals surface area contributed by atoms with Gasteiger partial charge in [0.25, 0.3) is 0 Å². The molecule has 72 valence electrons. The summed E-state index contributed by atoms with van der Waals surface area (Å²) in [6.45, 7) is 4.34. The molecule has 0 spiro atoms. The zero-order chi connectivity index (χ0) is 9.42. The van der Waals surface area contributed by atoms with Crippen molar-refractivity contribution in [1.82, 2.24) is 4.98 Å². The first-order chi connectivity index (χ1) is 6.18. The van der Waals surface area contributed by atoms with Crippen LogP contribution < -0.4 is 5.73 Å². The smallest absolute Gasteiger partial charge is 0.110 e. The molecule has 1 unspecified atom stereocenters. The van der Waals surface area contributed by atoms with Gasteiger partial charge in [-0.3, -0.25) is 0 Å². The SMILES string of the molecule is CC(C)c1csc(C(N)C2CC2)n1. The van der Waals surface area contributed by atoms with Gasteiger partial charge in [-0.05, 0) is 24.7 Å². The number of thiazole rings is 1. The number of aromatic nitrogens is 1. The highest BCUT2D eigenvalue weighted by Gasteiger charge is 2.31. The van der Waals surface area contributed by atoms with Gasteiger partial charge in [-0.2, -0.15) is 0 Å². The van der Waals surface area contributed by atoms with Crippen LogP contribution in [0.3, 0.4) is 0 Å². The van der Waals surface area contributed by atoms with Crippen LogP contribution in [-0.2, 0) is 0 Å². The Labute approximate surface area is 83.2 Å². The molecular weight excluding hydrogens is 180 g/mol. The molecule has 2 N–H and O–H groups in total. The Morgan fingerprint density at radius 1 is 1.54 bits per heavy atom. The molecule has 13 heavy (non-hydrogen) atoms. The monoisotopic (exact) mass is 196 g/mol. The highest BCUT2D eigenvalue weighted by Crippen LogP contribution is 2.40. The Hall–Kier alpha value is -0.410. The molecule has 1 fully saturated rings. The molecule has 0 aromatic carbocycles. The van der Waals surface area contributed by atoms with Gasteiger partial charge in [0, 0.05) is 5.38 Å². The molecular formula is C10H16N2S. The fourth-order valence-corrected chi connectivity index (χ4v) is 2.45. The molecule has 1 aliphatic rings. The van der Waals surface area contributed by atoms with Crippen molar-refractivity contribution in [2.45, 2.75) is 38.6 Å². The van der Waals surface area contributed by atoms with Crippen molar-refractivity contribution >= 4 is 11.3 Å². The van der Waals surface area contributed by atoms with Crippen LogP contribution in [0.25, 0.3) is 0 Å². The summed E-state index contributed by atoms with van der Waals surface area (Å²) in [6.07, 6.45) is 2.58. The summed E-state index contributed by atoms with van der Waals surface area (Å²) in [4.78, 5) is 4.56. The maximum Gasteiger partial charge on any atom is 0.110 e. The van der Waals surface area contributed by atoms with Crippen LogP contribution in [0.15, 0.2) is 5.38 Å². The zero-order valence-electron chi connectivity index (χ0n) is 8.16. The topological polar surface area (TPSA) is 38.9 Å². The summed E-state index contributed by atoms with van der Waals surface area (Å²) in [6, 6.07) is 0.206. The molecule has 1 aromatic rings. The normalized spacial score (nSPS) is 19.4. The maximum absolute atomic E-state index is 6.06. The molecule has 1 heterocycles. The molecule has 1 saturated carbocycles. The van der Waals surface area contributed by atoms with E-state index in [1.807, 2.05) is 0 Å². The van der Waals surface area contributed by atoms with E-state index in [0.29, 0.717) is 11.8 Å². The quantitative estimate of drug-likeness (QED) is 0.807. The van der Waals surface area contributed by atoms with Gasteiger partial charge in [0.05, 0.1) is 11.7 Å². The Morgan fingerprint density at radius 2 is 2.23 bits per heavy atom. The van der Waals surface area contributed by atoms with Crippen LogP contribution in [0.1, 0.15) is 49.4 Å². The molecule has 0 radical (unpaired) electrons. The molecule has 0 saturated heterocycles. The lowest BCUT2D eigenvalue weighted by atomic mass is 10.1. The second-order valence-electron chi connectivity index (χ2n) is 4.13. The van der Waals surface area contributed by atoms with Gasteiger partial charge >= 0.3 is 0 Å². The predicted octanol–water partition coefficient (Wildman–Crippen LogP) is 2.68. The summed E-state index contributed by atoms with van der Waals surface area (Å²) in [5.41, 5.74) is 7.25. The van der Waals surface area contributed by atoms with Gasteiger partial charge in [-0.1, -0.05) is 13.8 Å². The fourth-order valence-electron chi connectivity index (χ4n) is 1.38.